The first-order valence-electron chi connectivity index (χ1n) is 10.6. The number of amides is 1. The number of nitrogens with zero attached hydrogens (tertiary/aromatic N) is 4. The molecular formula is C22H24F3N5O. The van der Waals surface area contributed by atoms with Gasteiger partial charge in [0.25, 0.3) is 0 Å². The van der Waals surface area contributed by atoms with Gasteiger partial charge in [-0.15, -0.1) is 0 Å². The van der Waals surface area contributed by atoms with Gasteiger partial charge in [0.15, 0.2) is 0 Å². The Morgan fingerprint density at radius 3 is 2.71 bits per heavy atom. The molecule has 1 amide bonds. The highest BCUT2D eigenvalue weighted by atomic mass is 19.4. The summed E-state index contributed by atoms with van der Waals surface area (Å²) in [5.74, 6) is 0.319. The number of alkyl halides is 3. The number of pyridine rings is 2. The van der Waals surface area contributed by atoms with Gasteiger partial charge in [-0.1, -0.05) is 0 Å². The fourth-order valence-electron chi connectivity index (χ4n) is 4.82. The summed E-state index contributed by atoms with van der Waals surface area (Å²) in [4.78, 5) is 25.0. The standard InChI is InChI=1S/C22H24F3N5O/c1-13-17-8-26-5-4-16(17)18-11-30(12-19(18)28-13)21(31)6-14-9-29(10-14)15-2-3-20(27-7-15)22(23,24)25/h2-3,7,14,26H,4-6,8-12H2,1H3. The zero-order valence-corrected chi connectivity index (χ0v) is 17.3. The number of halogens is 3. The maximum absolute atomic E-state index is 12.9. The molecule has 5 heterocycles. The van der Waals surface area contributed by atoms with E-state index in [2.05, 4.69) is 10.3 Å². The van der Waals surface area contributed by atoms with Crippen LogP contribution in [-0.2, 0) is 37.0 Å². The van der Waals surface area contributed by atoms with E-state index in [9.17, 15) is 18.0 Å². The Morgan fingerprint density at radius 1 is 1.19 bits per heavy atom. The molecule has 0 aromatic carbocycles. The molecule has 31 heavy (non-hydrogen) atoms. The van der Waals surface area contributed by atoms with E-state index in [1.807, 2.05) is 16.7 Å². The Hall–Kier alpha value is -2.68. The van der Waals surface area contributed by atoms with E-state index >= 15 is 0 Å². The predicted molar refractivity (Wildman–Crippen MR) is 108 cm³/mol. The van der Waals surface area contributed by atoms with Crippen LogP contribution in [0.1, 0.15) is 40.2 Å². The molecule has 0 spiro atoms. The summed E-state index contributed by atoms with van der Waals surface area (Å²) in [5.41, 5.74) is 5.71. The van der Waals surface area contributed by atoms with Crippen LogP contribution in [0.5, 0.6) is 0 Å². The minimum atomic E-state index is -4.43. The van der Waals surface area contributed by atoms with Crippen LogP contribution >= 0.6 is 0 Å². The molecule has 1 saturated heterocycles. The van der Waals surface area contributed by atoms with Crippen LogP contribution < -0.4 is 10.2 Å². The predicted octanol–water partition coefficient (Wildman–Crippen LogP) is 2.82. The van der Waals surface area contributed by atoms with Gasteiger partial charge in [0.2, 0.25) is 5.91 Å². The zero-order valence-electron chi connectivity index (χ0n) is 17.3. The van der Waals surface area contributed by atoms with E-state index in [4.69, 9.17) is 4.98 Å². The van der Waals surface area contributed by atoms with Crippen molar-refractivity contribution >= 4 is 11.6 Å². The van der Waals surface area contributed by atoms with Crippen molar-refractivity contribution in [1.82, 2.24) is 20.2 Å². The van der Waals surface area contributed by atoms with Crippen molar-refractivity contribution in [2.45, 2.75) is 45.6 Å². The fourth-order valence-corrected chi connectivity index (χ4v) is 4.82. The second-order valence-electron chi connectivity index (χ2n) is 8.63. The molecule has 5 rings (SSSR count). The Bertz CT molecular complexity index is 1020. The summed E-state index contributed by atoms with van der Waals surface area (Å²) >= 11 is 0. The number of nitrogens with one attached hydrogen (secondary N) is 1. The highest BCUT2D eigenvalue weighted by molar-refractivity contribution is 5.77. The molecule has 0 saturated carbocycles. The lowest BCUT2D eigenvalue weighted by atomic mass is 9.94. The third-order valence-electron chi connectivity index (χ3n) is 6.54. The minimum Gasteiger partial charge on any atom is -0.370 e. The number of hydrogen-bond donors (Lipinski definition) is 1. The Balaban J connectivity index is 1.18. The molecule has 1 N–H and O–H groups in total. The number of carbonyl (C=O) groups is 1. The molecule has 0 aliphatic carbocycles. The topological polar surface area (TPSA) is 61.4 Å². The maximum Gasteiger partial charge on any atom is 0.433 e. The van der Waals surface area contributed by atoms with Crippen LogP contribution in [0.3, 0.4) is 0 Å². The molecule has 2 aromatic heterocycles. The number of anilines is 1. The van der Waals surface area contributed by atoms with Crippen LogP contribution in [-0.4, -0.2) is 40.4 Å². The molecule has 0 atom stereocenters. The lowest BCUT2D eigenvalue weighted by Crippen LogP contribution is -2.48. The van der Waals surface area contributed by atoms with Crippen molar-refractivity contribution in [2.24, 2.45) is 5.92 Å². The van der Waals surface area contributed by atoms with Gasteiger partial charge in [-0.05, 0) is 48.7 Å². The van der Waals surface area contributed by atoms with Crippen molar-refractivity contribution in [3.05, 3.63) is 52.1 Å². The van der Waals surface area contributed by atoms with E-state index in [1.54, 1.807) is 0 Å². The number of hydrogen-bond acceptors (Lipinski definition) is 5. The third-order valence-corrected chi connectivity index (χ3v) is 6.54. The van der Waals surface area contributed by atoms with Crippen molar-refractivity contribution in [1.29, 1.82) is 0 Å². The second-order valence-corrected chi connectivity index (χ2v) is 8.63. The highest BCUT2D eigenvalue weighted by Gasteiger charge is 2.35. The molecule has 0 unspecified atom stereocenters. The lowest BCUT2D eigenvalue weighted by Gasteiger charge is -2.41. The normalized spacial score (nSPS) is 18.6. The van der Waals surface area contributed by atoms with Crippen LogP contribution in [0.4, 0.5) is 18.9 Å². The minimum absolute atomic E-state index is 0.119. The first-order valence-corrected chi connectivity index (χ1v) is 10.6. The summed E-state index contributed by atoms with van der Waals surface area (Å²) in [6, 6.07) is 2.44. The number of aryl methyl sites for hydroxylation is 1. The van der Waals surface area contributed by atoms with Gasteiger partial charge in [-0.25, -0.2) is 4.98 Å². The van der Waals surface area contributed by atoms with Crippen LogP contribution in [0.2, 0.25) is 0 Å². The Kier molecular flexibility index (Phi) is 4.88. The summed E-state index contributed by atoms with van der Waals surface area (Å²) in [5, 5.41) is 3.39. The van der Waals surface area contributed by atoms with Crippen LogP contribution in [0, 0.1) is 12.8 Å². The molecular weight excluding hydrogens is 407 g/mol. The molecule has 3 aliphatic rings. The number of rotatable bonds is 3. The van der Waals surface area contributed by atoms with Crippen molar-refractivity contribution in [3.8, 4) is 0 Å². The molecule has 9 heteroatoms. The van der Waals surface area contributed by atoms with Gasteiger partial charge in [-0.3, -0.25) is 9.78 Å². The lowest BCUT2D eigenvalue weighted by molar-refractivity contribution is -0.141. The van der Waals surface area contributed by atoms with E-state index in [0.717, 1.165) is 37.0 Å². The summed E-state index contributed by atoms with van der Waals surface area (Å²) in [7, 11) is 0. The smallest absolute Gasteiger partial charge is 0.370 e. The van der Waals surface area contributed by atoms with E-state index < -0.39 is 11.9 Å². The van der Waals surface area contributed by atoms with Gasteiger partial charge in [-0.2, -0.15) is 13.2 Å². The van der Waals surface area contributed by atoms with Crippen molar-refractivity contribution in [3.63, 3.8) is 0 Å². The number of fused-ring (bicyclic) bond motifs is 3. The first kappa shape index (κ1) is 20.2. The molecule has 3 aliphatic heterocycles. The summed E-state index contributed by atoms with van der Waals surface area (Å²) in [6.07, 6.45) is -1.76. The SMILES string of the molecule is Cc1nc2c(c3c1CNCC3)CN(C(=O)CC1CN(c3ccc(C(F)(F)F)nc3)C1)C2. The van der Waals surface area contributed by atoms with Crippen LogP contribution in [0.15, 0.2) is 18.3 Å². The Labute approximate surface area is 178 Å². The van der Waals surface area contributed by atoms with Gasteiger partial charge in [0, 0.05) is 44.2 Å². The van der Waals surface area contributed by atoms with Gasteiger partial charge in [0.1, 0.15) is 5.69 Å². The van der Waals surface area contributed by atoms with E-state index in [-0.39, 0.29) is 11.8 Å². The van der Waals surface area contributed by atoms with E-state index in [1.165, 1.54) is 29.0 Å². The molecule has 0 bridgehead atoms. The number of aromatic nitrogens is 2. The van der Waals surface area contributed by atoms with Gasteiger partial charge in [0.05, 0.1) is 24.1 Å². The second kappa shape index (κ2) is 7.47. The summed E-state index contributed by atoms with van der Waals surface area (Å²) < 4.78 is 38.0. The largest absolute Gasteiger partial charge is 0.433 e. The molecule has 0 radical (unpaired) electrons. The average molecular weight is 431 g/mol. The van der Waals surface area contributed by atoms with Crippen molar-refractivity contribution < 1.29 is 18.0 Å². The average Bonchev–Trinajstić information content (AvgIpc) is 3.14. The van der Waals surface area contributed by atoms with E-state index in [0.29, 0.717) is 38.3 Å². The third kappa shape index (κ3) is 3.75. The van der Waals surface area contributed by atoms with Crippen molar-refractivity contribution in [2.75, 3.05) is 24.5 Å². The molecule has 1 fully saturated rings. The monoisotopic (exact) mass is 431 g/mol. The van der Waals surface area contributed by atoms with Crippen LogP contribution in [0.25, 0.3) is 0 Å². The Morgan fingerprint density at radius 2 is 2.00 bits per heavy atom. The quantitative estimate of drug-likeness (QED) is 0.810. The zero-order chi connectivity index (χ0) is 21.8. The molecule has 2 aromatic rings. The van der Waals surface area contributed by atoms with Gasteiger partial charge >= 0.3 is 6.18 Å². The fraction of sp³-hybridized carbons (Fsp3) is 0.500. The highest BCUT2D eigenvalue weighted by Crippen LogP contribution is 2.33. The maximum atomic E-state index is 12.9. The van der Waals surface area contributed by atoms with Gasteiger partial charge < -0.3 is 15.1 Å². The molecule has 164 valence electrons. The first-order chi connectivity index (χ1) is 14.8. The number of carbonyl (C=O) groups excluding carboxylic acids is 1. The molecule has 6 nitrogen and oxygen atoms in total. The summed E-state index contributed by atoms with van der Waals surface area (Å²) in [6.45, 7) is 6.32.